The molecule has 31 valence electrons. The van der Waals surface area contributed by atoms with Gasteiger partial charge in [0.1, 0.15) is 0 Å². The van der Waals surface area contributed by atoms with Crippen LogP contribution in [0, 0.1) is 206 Å². The summed E-state index contributed by atoms with van der Waals surface area (Å²) in [5, 5.41) is 0. The molecule has 0 amide bonds. The third kappa shape index (κ3) is 46.1. The summed E-state index contributed by atoms with van der Waals surface area (Å²) < 4.78 is 0. The molecule has 0 nitrogen and oxygen atoms in total. The summed E-state index contributed by atoms with van der Waals surface area (Å²) in [4.78, 5) is 0. The Morgan fingerprint density at radius 3 is 0.222 bits per heavy atom. The van der Waals surface area contributed by atoms with Crippen molar-refractivity contribution in [2.75, 3.05) is 0 Å². The molecule has 0 aromatic rings. The molecule has 0 fully saturated rings. The molecular formula is Pr5Sn4. The molecule has 9 heavy (non-hydrogen) atoms. The van der Waals surface area contributed by atoms with Crippen LogP contribution in [0.3, 0.4) is 0 Å². The average Bonchev–Trinajstić information content (AvgIpc) is 0. The van der Waals surface area contributed by atoms with E-state index >= 15 is 0 Å². The first-order valence-corrected chi connectivity index (χ1v) is 0. The molecule has 0 aliphatic rings. The SMILES string of the molecule is [Pr].[Pr].[Pr].[Pr].[Pr].[Sn].[Sn].[Sn].[Sn]. The zero-order valence-corrected chi connectivity index (χ0v) is 34.8. The van der Waals surface area contributed by atoms with E-state index in [1.54, 1.807) is 0 Å². The van der Waals surface area contributed by atoms with Crippen molar-refractivity contribution in [1.29, 1.82) is 0 Å². The Hall–Kier alpha value is 10.0. The maximum absolute atomic E-state index is 0. The van der Waals surface area contributed by atoms with Crippen LogP contribution in [0.4, 0.5) is 0 Å². The van der Waals surface area contributed by atoms with E-state index in [-0.39, 0.29) is 302 Å². The van der Waals surface area contributed by atoms with E-state index in [1.807, 2.05) is 0 Å². The minimum atomic E-state index is 0. The largest absolute Gasteiger partial charge is 0 e. The number of hydrogen-bond acceptors (Lipinski definition) is 0. The van der Waals surface area contributed by atoms with Crippen molar-refractivity contribution in [3.05, 3.63) is 0 Å². The molecule has 0 bridgehead atoms. The van der Waals surface area contributed by atoms with Crippen LogP contribution in [0.25, 0.3) is 0 Å². The molecule has 0 aliphatic carbocycles. The minimum absolute atomic E-state index is 0. The van der Waals surface area contributed by atoms with Crippen molar-refractivity contribution >= 4 is 95.6 Å². The second-order valence-corrected chi connectivity index (χ2v) is 0. The van der Waals surface area contributed by atoms with E-state index in [1.165, 1.54) is 0 Å². The predicted octanol–water partition coefficient (Wildman–Crippen LogP) is -1.52. The maximum atomic E-state index is 0. The van der Waals surface area contributed by atoms with Gasteiger partial charge in [0, 0.05) is 302 Å². The van der Waals surface area contributed by atoms with Crippen molar-refractivity contribution in [2.45, 2.75) is 0 Å². The molecule has 0 saturated heterocycles. The van der Waals surface area contributed by atoms with Crippen LogP contribution in [-0.2, 0) is 0 Å². The normalized spacial score (nSPS) is 0. The fraction of sp³-hybridized carbons (Fsp3) is 0. The maximum Gasteiger partial charge on any atom is 0 e. The molecular weight excluding hydrogens is 1180 g/mol. The Morgan fingerprint density at radius 2 is 0.222 bits per heavy atom. The van der Waals surface area contributed by atoms with Gasteiger partial charge in [0.15, 0.2) is 0 Å². The molecule has 21 radical (unpaired) electrons. The predicted molar refractivity (Wildman–Crippen MR) is 23.0 cm³/mol. The van der Waals surface area contributed by atoms with E-state index < -0.39 is 0 Å². The molecule has 9 heteroatoms. The molecule has 0 atom stereocenters. The Kier molecular flexibility index (Phi) is 356. The van der Waals surface area contributed by atoms with Crippen molar-refractivity contribution in [3.8, 4) is 0 Å². The van der Waals surface area contributed by atoms with E-state index in [0.29, 0.717) is 0 Å². The van der Waals surface area contributed by atoms with Crippen LogP contribution in [0.1, 0.15) is 0 Å². The first kappa shape index (κ1) is 61.5. The van der Waals surface area contributed by atoms with Crippen LogP contribution < -0.4 is 0 Å². The van der Waals surface area contributed by atoms with Gasteiger partial charge in [-0.2, -0.15) is 0 Å². The van der Waals surface area contributed by atoms with Gasteiger partial charge in [0.25, 0.3) is 0 Å². The Balaban J connectivity index is 0. The van der Waals surface area contributed by atoms with Gasteiger partial charge >= 0.3 is 0 Å². The summed E-state index contributed by atoms with van der Waals surface area (Å²) >= 11 is 0. The van der Waals surface area contributed by atoms with Crippen molar-refractivity contribution in [1.82, 2.24) is 0 Å². The molecule has 0 spiro atoms. The fourth-order valence-electron chi connectivity index (χ4n) is 0. The van der Waals surface area contributed by atoms with Gasteiger partial charge in [-0.25, -0.2) is 0 Å². The molecule has 0 saturated carbocycles. The third-order valence-electron chi connectivity index (χ3n) is 0. The molecule has 0 aromatic carbocycles. The van der Waals surface area contributed by atoms with Crippen LogP contribution in [0.2, 0.25) is 0 Å². The topological polar surface area (TPSA) is 0 Å². The summed E-state index contributed by atoms with van der Waals surface area (Å²) in [6.45, 7) is 0. The van der Waals surface area contributed by atoms with Crippen LogP contribution in [0.15, 0.2) is 0 Å². The first-order chi connectivity index (χ1) is 0. The number of rotatable bonds is 0. The standard InChI is InChI=1S/5Pr.4Sn. The third-order valence-corrected chi connectivity index (χ3v) is 0. The van der Waals surface area contributed by atoms with E-state index in [0.717, 1.165) is 0 Å². The van der Waals surface area contributed by atoms with Gasteiger partial charge in [-0.3, -0.25) is 0 Å². The van der Waals surface area contributed by atoms with Crippen LogP contribution in [-0.4, -0.2) is 95.6 Å². The van der Waals surface area contributed by atoms with Gasteiger partial charge in [-0.1, -0.05) is 0 Å². The summed E-state index contributed by atoms with van der Waals surface area (Å²) in [7, 11) is 0. The van der Waals surface area contributed by atoms with E-state index in [4.69, 9.17) is 0 Å². The van der Waals surface area contributed by atoms with Crippen LogP contribution in [0.5, 0.6) is 0 Å². The summed E-state index contributed by atoms with van der Waals surface area (Å²) in [6, 6.07) is 0. The zero-order chi connectivity index (χ0) is 0. The van der Waals surface area contributed by atoms with Crippen molar-refractivity contribution in [2.24, 2.45) is 0 Å². The summed E-state index contributed by atoms with van der Waals surface area (Å²) in [5.74, 6) is 0. The van der Waals surface area contributed by atoms with Gasteiger partial charge < -0.3 is 0 Å². The smallest absolute Gasteiger partial charge is 0 e. The fourth-order valence-corrected chi connectivity index (χ4v) is 0. The quantitative estimate of drug-likeness (QED) is 0.259. The second-order valence-electron chi connectivity index (χ2n) is 0. The molecule has 0 unspecified atom stereocenters. The molecule has 0 heterocycles. The Morgan fingerprint density at radius 1 is 0.222 bits per heavy atom. The van der Waals surface area contributed by atoms with E-state index in [9.17, 15) is 0 Å². The molecule has 0 aliphatic heterocycles. The zero-order valence-electron chi connectivity index (χ0n) is 4.89. The molecule has 0 N–H and O–H groups in total. The monoisotopic (exact) mass is 1180 g/mol. The van der Waals surface area contributed by atoms with Crippen molar-refractivity contribution < 1.29 is 206 Å². The van der Waals surface area contributed by atoms with Crippen LogP contribution >= 0.6 is 0 Å². The van der Waals surface area contributed by atoms with Gasteiger partial charge in [-0.05, 0) is 0 Å². The Labute approximate surface area is 291 Å². The summed E-state index contributed by atoms with van der Waals surface area (Å²) in [5.41, 5.74) is 0. The number of hydrogen-bond donors (Lipinski definition) is 0. The first-order valence-electron chi connectivity index (χ1n) is 0. The molecule has 0 rings (SSSR count). The summed E-state index contributed by atoms with van der Waals surface area (Å²) in [6.07, 6.45) is 0. The van der Waals surface area contributed by atoms with Gasteiger partial charge in [0.05, 0.1) is 0 Å². The average molecular weight is 1180 g/mol. The van der Waals surface area contributed by atoms with Gasteiger partial charge in [0.2, 0.25) is 0 Å². The van der Waals surface area contributed by atoms with Gasteiger partial charge in [-0.15, -0.1) is 0 Å². The Bertz CT molecular complexity index is 8.92. The second kappa shape index (κ2) is 52.0. The van der Waals surface area contributed by atoms with Crippen molar-refractivity contribution in [3.63, 3.8) is 0 Å². The minimum Gasteiger partial charge on any atom is 0 e. The van der Waals surface area contributed by atoms with E-state index in [2.05, 4.69) is 0 Å². The molecule has 0 aromatic heterocycles.